The van der Waals surface area contributed by atoms with Crippen molar-refractivity contribution in [3.05, 3.63) is 42.3 Å². The summed E-state index contributed by atoms with van der Waals surface area (Å²) in [5, 5.41) is 2.88. The number of halogens is 1. The molecular weight excluding hydrogens is 351 g/mol. The summed E-state index contributed by atoms with van der Waals surface area (Å²) in [5.41, 5.74) is 0.595. The maximum absolute atomic E-state index is 13.4. The predicted molar refractivity (Wildman–Crippen MR) is 101 cm³/mol. The lowest BCUT2D eigenvalue weighted by atomic mass is 10.2. The molecule has 2 heterocycles. The predicted octanol–water partition coefficient (Wildman–Crippen LogP) is 2.98. The Bertz CT molecular complexity index is 795. The first-order valence-corrected chi connectivity index (χ1v) is 8.68. The normalized spacial score (nSPS) is 16.8. The number of hydrogen-bond acceptors (Lipinski definition) is 5. The van der Waals surface area contributed by atoms with Crippen molar-refractivity contribution in [1.29, 1.82) is 0 Å². The van der Waals surface area contributed by atoms with Crippen LogP contribution in [0.3, 0.4) is 0 Å². The highest BCUT2D eigenvalue weighted by Crippen LogP contribution is 2.26. The van der Waals surface area contributed by atoms with Gasteiger partial charge in [0.25, 0.3) is 0 Å². The number of carbonyl (C=O) groups is 1. The van der Waals surface area contributed by atoms with Gasteiger partial charge >= 0.3 is 6.03 Å². The molecule has 1 saturated heterocycles. The fourth-order valence-corrected chi connectivity index (χ4v) is 3.12. The number of anilines is 2. The Morgan fingerprint density at radius 3 is 2.48 bits per heavy atom. The fourth-order valence-electron chi connectivity index (χ4n) is 3.12. The van der Waals surface area contributed by atoms with Crippen LogP contribution in [0.4, 0.5) is 20.7 Å². The number of amides is 2. The maximum Gasteiger partial charge on any atom is 0.321 e. The molecule has 1 aromatic carbocycles. The van der Waals surface area contributed by atoms with Gasteiger partial charge in [-0.25, -0.2) is 9.78 Å². The minimum Gasteiger partial charge on any atom is -0.497 e. The third-order valence-corrected chi connectivity index (χ3v) is 4.51. The first kappa shape index (κ1) is 18.8. The summed E-state index contributed by atoms with van der Waals surface area (Å²) in [7, 11) is 3.11. The van der Waals surface area contributed by atoms with E-state index in [0.29, 0.717) is 42.6 Å². The van der Waals surface area contributed by atoms with E-state index in [1.165, 1.54) is 6.07 Å². The summed E-state index contributed by atoms with van der Waals surface area (Å²) >= 11 is 0. The highest BCUT2D eigenvalue weighted by molar-refractivity contribution is 5.90. The van der Waals surface area contributed by atoms with Crippen LogP contribution in [0.1, 0.15) is 6.92 Å². The molecule has 0 radical (unpaired) electrons. The maximum atomic E-state index is 13.4. The van der Waals surface area contributed by atoms with Crippen molar-refractivity contribution in [3.63, 3.8) is 0 Å². The summed E-state index contributed by atoms with van der Waals surface area (Å²) < 4.78 is 23.8. The molecule has 1 aliphatic rings. The zero-order valence-electron chi connectivity index (χ0n) is 15.6. The highest BCUT2D eigenvalue weighted by atomic mass is 19.1. The topological polar surface area (TPSA) is 66.9 Å². The van der Waals surface area contributed by atoms with Crippen LogP contribution in [0.2, 0.25) is 0 Å². The molecule has 27 heavy (non-hydrogen) atoms. The monoisotopic (exact) mass is 374 g/mol. The number of carbonyl (C=O) groups excluding carboxylic acids is 1. The second-order valence-electron chi connectivity index (χ2n) is 6.34. The molecule has 0 saturated carbocycles. The van der Waals surface area contributed by atoms with Gasteiger partial charge in [0.05, 0.1) is 14.2 Å². The number of rotatable bonds is 4. The second-order valence-corrected chi connectivity index (χ2v) is 6.34. The lowest BCUT2D eigenvalue weighted by Gasteiger charge is -2.40. The first-order chi connectivity index (χ1) is 13.0. The second kappa shape index (κ2) is 8.11. The number of nitrogens with one attached hydrogen (secondary N) is 1. The number of nitrogens with zero attached hydrogens (tertiary/aromatic N) is 3. The van der Waals surface area contributed by atoms with Crippen LogP contribution in [-0.4, -0.2) is 55.8 Å². The van der Waals surface area contributed by atoms with E-state index in [2.05, 4.69) is 10.3 Å². The van der Waals surface area contributed by atoms with Crippen molar-refractivity contribution in [2.24, 2.45) is 0 Å². The number of benzene rings is 1. The van der Waals surface area contributed by atoms with Crippen molar-refractivity contribution >= 4 is 17.5 Å². The molecule has 1 fully saturated rings. The third kappa shape index (κ3) is 4.39. The van der Waals surface area contributed by atoms with Crippen molar-refractivity contribution in [3.8, 4) is 11.5 Å². The van der Waals surface area contributed by atoms with Crippen LogP contribution in [0.25, 0.3) is 0 Å². The highest BCUT2D eigenvalue weighted by Gasteiger charge is 2.27. The average Bonchev–Trinajstić information content (AvgIpc) is 2.67. The van der Waals surface area contributed by atoms with E-state index in [1.807, 2.05) is 11.8 Å². The Hall–Kier alpha value is -3.03. The van der Waals surface area contributed by atoms with Crippen molar-refractivity contribution in [2.75, 3.05) is 44.1 Å². The molecule has 0 bridgehead atoms. The average molecular weight is 374 g/mol. The number of piperazine rings is 1. The molecule has 144 valence electrons. The van der Waals surface area contributed by atoms with Gasteiger partial charge in [-0.1, -0.05) is 6.07 Å². The zero-order chi connectivity index (χ0) is 19.4. The van der Waals surface area contributed by atoms with Crippen molar-refractivity contribution < 1.29 is 18.7 Å². The Balaban J connectivity index is 1.66. The van der Waals surface area contributed by atoms with E-state index >= 15 is 0 Å². The summed E-state index contributed by atoms with van der Waals surface area (Å²) in [6.07, 6.45) is 0. The third-order valence-electron chi connectivity index (χ3n) is 4.51. The molecule has 1 aromatic heterocycles. The van der Waals surface area contributed by atoms with E-state index in [0.717, 1.165) is 0 Å². The van der Waals surface area contributed by atoms with Crippen LogP contribution in [-0.2, 0) is 0 Å². The molecule has 0 spiro atoms. The number of hydrogen-bond donors (Lipinski definition) is 1. The Morgan fingerprint density at radius 2 is 1.89 bits per heavy atom. The standard InChI is InChI=1S/C19H23FN4O3/c1-13-12-23(7-8-24(13)18-6-4-5-17(20)22-18)19(25)21-14-9-15(26-2)11-16(10-14)27-3/h4-6,9-11,13H,7-8,12H2,1-3H3,(H,21,25). The van der Waals surface area contributed by atoms with Crippen LogP contribution in [0.15, 0.2) is 36.4 Å². The van der Waals surface area contributed by atoms with Gasteiger partial charge in [0.15, 0.2) is 0 Å². The lowest BCUT2D eigenvalue weighted by molar-refractivity contribution is 0.200. The van der Waals surface area contributed by atoms with E-state index in [4.69, 9.17) is 9.47 Å². The van der Waals surface area contributed by atoms with Crippen LogP contribution in [0.5, 0.6) is 11.5 Å². The molecule has 2 amide bonds. The van der Waals surface area contributed by atoms with E-state index in [1.54, 1.807) is 49.5 Å². The van der Waals surface area contributed by atoms with E-state index in [9.17, 15) is 9.18 Å². The molecular formula is C19H23FN4O3. The Kier molecular flexibility index (Phi) is 5.63. The molecule has 1 unspecified atom stereocenters. The quantitative estimate of drug-likeness (QED) is 0.834. The molecule has 3 rings (SSSR count). The zero-order valence-corrected chi connectivity index (χ0v) is 15.6. The van der Waals surface area contributed by atoms with Crippen LogP contribution < -0.4 is 19.7 Å². The van der Waals surface area contributed by atoms with Crippen LogP contribution in [0, 0.1) is 5.95 Å². The van der Waals surface area contributed by atoms with Gasteiger partial charge in [0.1, 0.15) is 17.3 Å². The van der Waals surface area contributed by atoms with Gasteiger partial charge in [-0.3, -0.25) is 0 Å². The summed E-state index contributed by atoms with van der Waals surface area (Å²) in [6.45, 7) is 3.58. The molecule has 2 aromatic rings. The van der Waals surface area contributed by atoms with Crippen LogP contribution >= 0.6 is 0 Å². The Labute approximate surface area is 157 Å². The fraction of sp³-hybridized carbons (Fsp3) is 0.368. The number of pyridine rings is 1. The van der Waals surface area contributed by atoms with Gasteiger partial charge in [-0.2, -0.15) is 4.39 Å². The molecule has 1 atom stereocenters. The smallest absolute Gasteiger partial charge is 0.321 e. The van der Waals surface area contributed by atoms with Gasteiger partial charge in [-0.05, 0) is 19.1 Å². The van der Waals surface area contributed by atoms with Gasteiger partial charge in [-0.15, -0.1) is 0 Å². The number of urea groups is 1. The number of aromatic nitrogens is 1. The van der Waals surface area contributed by atoms with Gasteiger partial charge in [0.2, 0.25) is 5.95 Å². The van der Waals surface area contributed by atoms with Gasteiger partial charge < -0.3 is 24.6 Å². The molecule has 1 aliphatic heterocycles. The summed E-state index contributed by atoms with van der Waals surface area (Å²) in [4.78, 5) is 20.3. The first-order valence-electron chi connectivity index (χ1n) is 8.68. The Morgan fingerprint density at radius 1 is 1.19 bits per heavy atom. The molecule has 1 N–H and O–H groups in total. The molecule has 8 heteroatoms. The van der Waals surface area contributed by atoms with E-state index < -0.39 is 5.95 Å². The minimum atomic E-state index is -0.508. The van der Waals surface area contributed by atoms with Gasteiger partial charge in [0, 0.05) is 49.6 Å². The SMILES string of the molecule is COc1cc(NC(=O)N2CCN(c3cccc(F)n3)C(C)C2)cc(OC)c1. The lowest BCUT2D eigenvalue weighted by Crippen LogP contribution is -2.55. The largest absolute Gasteiger partial charge is 0.497 e. The molecule has 7 nitrogen and oxygen atoms in total. The summed E-state index contributed by atoms with van der Waals surface area (Å²) in [6, 6.07) is 9.75. The minimum absolute atomic E-state index is 0.0126. The van der Waals surface area contributed by atoms with Crippen molar-refractivity contribution in [2.45, 2.75) is 13.0 Å². The number of methoxy groups -OCH3 is 2. The van der Waals surface area contributed by atoms with Crippen molar-refractivity contribution in [1.82, 2.24) is 9.88 Å². The molecule has 0 aliphatic carbocycles. The number of ether oxygens (including phenoxy) is 2. The van der Waals surface area contributed by atoms with E-state index in [-0.39, 0.29) is 12.1 Å². The summed E-state index contributed by atoms with van der Waals surface area (Å²) in [5.74, 6) is 1.27.